The summed E-state index contributed by atoms with van der Waals surface area (Å²) >= 11 is 0. The Balaban J connectivity index is 0.947. The van der Waals surface area contributed by atoms with Crippen molar-refractivity contribution in [3.63, 3.8) is 0 Å². The molecule has 0 aliphatic carbocycles. The van der Waals surface area contributed by atoms with Crippen molar-refractivity contribution in [3.05, 3.63) is 60.7 Å². The van der Waals surface area contributed by atoms with Crippen molar-refractivity contribution in [2.24, 2.45) is 0 Å². The predicted molar refractivity (Wildman–Crippen MR) is 233 cm³/mol. The van der Waals surface area contributed by atoms with Gasteiger partial charge in [-0.2, -0.15) is 26.3 Å². The molecule has 4 unspecified atom stereocenters. The van der Waals surface area contributed by atoms with Gasteiger partial charge in [0.1, 0.15) is 11.5 Å². The molecule has 26 heteroatoms. The lowest BCUT2D eigenvalue weighted by atomic mass is 9.99. The third kappa shape index (κ3) is 13.3. The molecule has 20 nitrogen and oxygen atoms in total. The van der Waals surface area contributed by atoms with E-state index >= 15 is 0 Å². The van der Waals surface area contributed by atoms with Crippen molar-refractivity contribution in [3.8, 4) is 11.5 Å². The number of aliphatic hydroxyl groups is 2. The van der Waals surface area contributed by atoms with Gasteiger partial charge in [0.05, 0.1) is 11.4 Å². The van der Waals surface area contributed by atoms with Crippen molar-refractivity contribution < 1.29 is 84.3 Å². The van der Waals surface area contributed by atoms with Crippen LogP contribution >= 0.6 is 0 Å². The van der Waals surface area contributed by atoms with Gasteiger partial charge in [-0.1, -0.05) is 24.3 Å². The zero-order chi connectivity index (χ0) is 51.0. The molecule has 0 saturated carbocycles. The van der Waals surface area contributed by atoms with Crippen molar-refractivity contribution in [2.75, 3.05) is 102 Å². The van der Waals surface area contributed by atoms with Gasteiger partial charge >= 0.3 is 36.4 Å². The second kappa shape index (κ2) is 22.1. The molecule has 384 valence electrons. The molecule has 0 aromatic heterocycles. The van der Waals surface area contributed by atoms with Crippen molar-refractivity contribution in [2.45, 2.75) is 62.7 Å². The van der Waals surface area contributed by atoms with Gasteiger partial charge in [0.15, 0.2) is 25.7 Å². The lowest BCUT2D eigenvalue weighted by Gasteiger charge is -2.41. The van der Waals surface area contributed by atoms with Gasteiger partial charge in [0, 0.05) is 77.6 Å². The number of esters is 2. The number of amides is 6. The molecule has 0 bridgehead atoms. The second-order valence-electron chi connectivity index (χ2n) is 17.1. The molecule has 4 N–H and O–H groups in total. The summed E-state index contributed by atoms with van der Waals surface area (Å²) in [6, 6.07) is 10.8. The highest BCUT2D eigenvalue weighted by molar-refractivity contribution is 6.05. The van der Waals surface area contributed by atoms with Gasteiger partial charge in [-0.15, -0.1) is 0 Å². The number of nitrogens with zero attached hydrogens (tertiary/aromatic N) is 6. The first kappa shape index (κ1) is 53.0. The van der Waals surface area contributed by atoms with E-state index in [9.17, 15) is 65.3 Å². The second-order valence-corrected chi connectivity index (χ2v) is 17.1. The quantitative estimate of drug-likeness (QED) is 0.0955. The smallest absolute Gasteiger partial charge is 0.422 e. The minimum Gasteiger partial charge on any atom is -0.482 e. The summed E-state index contributed by atoms with van der Waals surface area (Å²) in [4.78, 5) is 87.9. The maximum Gasteiger partial charge on any atom is 0.422 e. The van der Waals surface area contributed by atoms with Crippen molar-refractivity contribution in [1.29, 1.82) is 0 Å². The Hall–Kier alpha value is -6.38. The number of benzene rings is 2. The van der Waals surface area contributed by atoms with Crippen LogP contribution < -0.4 is 29.9 Å². The number of para-hydroxylation sites is 4. The van der Waals surface area contributed by atoms with Gasteiger partial charge in [0.2, 0.25) is 11.2 Å². The molecule has 70 heavy (non-hydrogen) atoms. The number of alkyl halides is 6. The first-order valence-electron chi connectivity index (χ1n) is 22.2. The van der Waals surface area contributed by atoms with Crippen LogP contribution in [0, 0.1) is 0 Å². The van der Waals surface area contributed by atoms with Gasteiger partial charge < -0.3 is 49.6 Å². The zero-order valence-corrected chi connectivity index (χ0v) is 38.2. The van der Waals surface area contributed by atoms with Crippen LogP contribution in [0.25, 0.3) is 0 Å². The van der Waals surface area contributed by atoms with Gasteiger partial charge in [-0.05, 0) is 64.0 Å². The number of hydrogen-bond acceptors (Lipinski definition) is 16. The highest BCUT2D eigenvalue weighted by atomic mass is 19.4. The number of anilines is 2. The number of hydrogen-bond donors (Lipinski definition) is 4. The lowest BCUT2D eigenvalue weighted by molar-refractivity contribution is -0.187. The summed E-state index contributed by atoms with van der Waals surface area (Å²) in [5.41, 5.74) is -3.72. The van der Waals surface area contributed by atoms with E-state index < -0.39 is 85.0 Å². The monoisotopic (exact) mass is 1000 g/mol. The summed E-state index contributed by atoms with van der Waals surface area (Å²) < 4.78 is 97.3. The predicted octanol–water partition coefficient (Wildman–Crippen LogP) is 2.19. The molecule has 4 atom stereocenters. The van der Waals surface area contributed by atoms with Crippen LogP contribution in [-0.4, -0.2) is 193 Å². The van der Waals surface area contributed by atoms with E-state index in [-0.39, 0.29) is 37.4 Å². The molecular weight excluding hydrogens is 947 g/mol. The van der Waals surface area contributed by atoms with Gasteiger partial charge in [0.25, 0.3) is 11.8 Å². The standard InChI is InChI=1S/C44H54F6N8O12/c1-41(35(61)51-39(65)57(37(41)63)17-7-15-53-19-23-55(24-20-53)29-9-3-5-11-31(29)67-27-43(45,46)47)69-33(59)13-14-34(60)70-42(2)36(62)52-40(66)58(38(42)64)18-8-16-54-21-25-56(26-22-54)30-10-4-6-12-32(30)68-28-44(48,49)50/h3-6,9-14,35-36,61-62H,7-8,15-28H2,1-2H3,(H,51,65)(H,52,66)/b14-13+. The summed E-state index contributed by atoms with van der Waals surface area (Å²) in [7, 11) is 0. The number of rotatable bonds is 18. The first-order chi connectivity index (χ1) is 33.0. The third-order valence-electron chi connectivity index (χ3n) is 12.0. The number of carbonyl (C=O) groups is 6. The Morgan fingerprint density at radius 3 is 1.29 bits per heavy atom. The van der Waals surface area contributed by atoms with E-state index in [2.05, 4.69) is 10.6 Å². The highest BCUT2D eigenvalue weighted by Gasteiger charge is 2.54. The number of nitrogens with one attached hydrogen (secondary N) is 2. The van der Waals surface area contributed by atoms with Gasteiger partial charge in [-0.25, -0.2) is 19.2 Å². The number of carbonyl (C=O) groups excluding carboxylic acids is 6. The molecule has 4 aliphatic heterocycles. The summed E-state index contributed by atoms with van der Waals surface area (Å²) in [5.74, 6) is -4.65. The molecule has 0 spiro atoms. The largest absolute Gasteiger partial charge is 0.482 e. The maximum atomic E-state index is 13.6. The number of imide groups is 2. The Kier molecular flexibility index (Phi) is 16.8. The topological polar surface area (TPSA) is 223 Å². The first-order valence-corrected chi connectivity index (χ1v) is 22.2. The Morgan fingerprint density at radius 1 is 0.600 bits per heavy atom. The van der Waals surface area contributed by atoms with E-state index in [0.717, 1.165) is 23.6 Å². The molecule has 2 aromatic rings. The van der Waals surface area contributed by atoms with E-state index in [1.807, 2.05) is 19.6 Å². The molecule has 6 rings (SSSR count). The van der Waals surface area contributed by atoms with Crippen LogP contribution in [-0.2, 0) is 28.7 Å². The summed E-state index contributed by atoms with van der Waals surface area (Å²) in [5, 5.41) is 25.6. The normalized spacial score (nSPS) is 24.1. The molecule has 4 heterocycles. The van der Waals surface area contributed by atoms with E-state index in [0.29, 0.717) is 89.0 Å². The number of urea groups is 2. The van der Waals surface area contributed by atoms with Crippen LogP contribution in [0.2, 0.25) is 0 Å². The van der Waals surface area contributed by atoms with E-state index in [4.69, 9.17) is 18.9 Å². The molecule has 0 radical (unpaired) electrons. The summed E-state index contributed by atoms with van der Waals surface area (Å²) in [6.45, 7) is 3.45. The Labute approximate surface area is 397 Å². The fraction of sp³-hybridized carbons (Fsp3) is 0.545. The SMILES string of the molecule is CC1(OC(=O)/C=C/C(=O)OC2(C)C(=O)N(CCCN3CCN(c4ccccc4OCC(F)(F)F)CC3)C(=O)NC2O)C(=O)N(CCCN2CCN(c3ccccc3OCC(F)(F)F)CC2)C(=O)NC1O. The fourth-order valence-electron chi connectivity index (χ4n) is 8.18. The van der Waals surface area contributed by atoms with Crippen LogP contribution in [0.3, 0.4) is 0 Å². The average molecular weight is 1000 g/mol. The fourth-order valence-corrected chi connectivity index (χ4v) is 8.18. The lowest BCUT2D eigenvalue weighted by Crippen LogP contribution is -2.70. The highest BCUT2D eigenvalue weighted by Crippen LogP contribution is 2.33. The Morgan fingerprint density at radius 2 is 0.943 bits per heavy atom. The average Bonchev–Trinajstić information content (AvgIpc) is 3.31. The Bertz CT molecular complexity index is 2100. The molecule has 4 fully saturated rings. The molecular formula is C44H54F6N8O12. The maximum absolute atomic E-state index is 13.6. The molecule has 2 aromatic carbocycles. The molecule has 6 amide bonds. The number of ether oxygens (including phenoxy) is 4. The molecule has 4 aliphatic rings. The van der Waals surface area contributed by atoms with Crippen LogP contribution in [0.1, 0.15) is 26.7 Å². The van der Waals surface area contributed by atoms with E-state index in [1.165, 1.54) is 12.1 Å². The third-order valence-corrected chi connectivity index (χ3v) is 12.0. The van der Waals surface area contributed by atoms with Gasteiger partial charge in [-0.3, -0.25) is 29.2 Å². The number of halogens is 6. The zero-order valence-electron chi connectivity index (χ0n) is 38.2. The van der Waals surface area contributed by atoms with E-state index in [1.54, 1.807) is 36.4 Å². The molecule has 4 saturated heterocycles. The minimum atomic E-state index is -4.50. The van der Waals surface area contributed by atoms with Crippen LogP contribution in [0.4, 0.5) is 47.3 Å². The van der Waals surface area contributed by atoms with Crippen molar-refractivity contribution >= 4 is 47.2 Å². The van der Waals surface area contributed by atoms with Crippen LogP contribution in [0.15, 0.2) is 60.7 Å². The van der Waals surface area contributed by atoms with Crippen LogP contribution in [0.5, 0.6) is 11.5 Å². The minimum absolute atomic E-state index is 0.0970. The number of piperazine rings is 2. The summed E-state index contributed by atoms with van der Waals surface area (Å²) in [6.07, 6.45) is -11.5. The van der Waals surface area contributed by atoms with Crippen molar-refractivity contribution in [1.82, 2.24) is 30.2 Å². The number of aliphatic hydroxyl groups excluding tert-OH is 2.